The maximum absolute atomic E-state index is 13.9. The maximum atomic E-state index is 13.9. The molecule has 14 rings (SSSR count). The van der Waals surface area contributed by atoms with Crippen LogP contribution >= 0.6 is 31.9 Å². The minimum absolute atomic E-state index is 0. The van der Waals surface area contributed by atoms with Crippen molar-refractivity contribution >= 4 is 96.7 Å². The lowest BCUT2D eigenvalue weighted by Crippen LogP contribution is -2.25. The van der Waals surface area contributed by atoms with E-state index >= 15 is 0 Å². The molecule has 0 fully saturated rings. The highest BCUT2D eigenvalue weighted by Crippen LogP contribution is 2.28. The van der Waals surface area contributed by atoms with E-state index in [0.29, 0.717) is 78.6 Å². The third-order valence-corrected chi connectivity index (χ3v) is 17.0. The zero-order chi connectivity index (χ0) is 89.1. The standard InChI is InChI=1S/C21H14F5N3.C14H10F3N3.C13H9F3N2O2.C13H11F3N2.C7H5BrF2.C7H7F2N.C6H3F2NO2.CBrN.CH4.B.H2/c22-14-3-6-19-20(9-14)29(11-13-2-5-16(24)18(26)8-13)21(27)28(19)10-12-1-4-15(23)17(25)7-12;15-9-2-4-13-12(6-9)19-14(18)20(13)7-8-1-3-10(16)11(17)5-8;14-9-2-4-12(13(6-9)18(19)20)17-7-8-1-3-10(15)11(16)5-8;14-9-2-4-13(12(17)6-9)18-7-8-1-3-10(15)11(16)5-8;8-4-5-1-2-6(9)7(10)3-5;8-6-2-1-5(4-10)3-7(6)9;7-4-1-2-5(8)6(3-4)9(10)11;2-1-3;;;/h1-9,27H,10-11H2;1-6H,7H2,(H2,18,19);1-6,17H,7H2;1-6,18H,7,17H2;1-3H,4H2;1-3H,4,10H2;1-3H;;1H4;;1H/i;;;;;;;;;;1+1. The van der Waals surface area contributed by atoms with Gasteiger partial charge in [-0.1, -0.05) is 65.8 Å². The van der Waals surface area contributed by atoms with Crippen LogP contribution in [0.25, 0.3) is 22.1 Å². The van der Waals surface area contributed by atoms with Gasteiger partial charge in [0.25, 0.3) is 5.69 Å². The fourth-order valence-electron chi connectivity index (χ4n) is 10.5. The molecule has 2 aromatic heterocycles. The van der Waals surface area contributed by atoms with Crippen molar-refractivity contribution in [3.8, 4) is 4.98 Å². The fraction of sp³-hybridized carbons (Fsp3) is 0.0964. The molecule has 3 radical (unpaired) electrons. The number of imidazole rings is 2. The molecule has 0 unspecified atom stereocenters. The van der Waals surface area contributed by atoms with E-state index in [1.165, 1.54) is 112 Å². The van der Waals surface area contributed by atoms with Crippen molar-refractivity contribution < 1.29 is 99.1 Å². The number of nitrogen functional groups attached to an aromatic ring is 2. The van der Waals surface area contributed by atoms with Crippen molar-refractivity contribution in [1.29, 1.82) is 10.7 Å². The van der Waals surface area contributed by atoms with Gasteiger partial charge in [-0.05, 0) is 197 Å². The van der Waals surface area contributed by atoms with E-state index in [-0.39, 0.29) is 79.5 Å². The molecular formula is C83H65BBr2F20N13O4. The highest BCUT2D eigenvalue weighted by atomic mass is 79.9. The molecule has 123 heavy (non-hydrogen) atoms. The second-order valence-corrected chi connectivity index (χ2v) is 25.6. The van der Waals surface area contributed by atoms with Gasteiger partial charge in [-0.2, -0.15) is 9.65 Å². The van der Waals surface area contributed by atoms with Crippen LogP contribution in [0, 0.1) is 152 Å². The quantitative estimate of drug-likeness (QED) is 0.0132. The molecule has 0 spiro atoms. The second kappa shape index (κ2) is 47.5. The molecule has 2 heterocycles. The molecule has 0 aliphatic carbocycles. The number of nitrogens with two attached hydrogens (primary N) is 3. The summed E-state index contributed by atoms with van der Waals surface area (Å²) in [5.41, 5.74) is 21.7. The summed E-state index contributed by atoms with van der Waals surface area (Å²) < 4.78 is 262. The lowest BCUT2D eigenvalue weighted by molar-refractivity contribution is -0.387. The molecule has 9 N–H and O–H groups in total. The van der Waals surface area contributed by atoms with Crippen LogP contribution in [0.5, 0.6) is 0 Å². The van der Waals surface area contributed by atoms with E-state index in [2.05, 4.69) is 47.5 Å². The number of halogens is 22. The predicted octanol–water partition coefficient (Wildman–Crippen LogP) is 22.2. The summed E-state index contributed by atoms with van der Waals surface area (Å²) in [6, 6.07) is 41.9. The molecule has 0 aliphatic rings. The summed E-state index contributed by atoms with van der Waals surface area (Å²) in [6.45, 7) is 0.822. The van der Waals surface area contributed by atoms with Crippen molar-refractivity contribution in [1.82, 2.24) is 18.7 Å². The highest BCUT2D eigenvalue weighted by Gasteiger charge is 2.19. The van der Waals surface area contributed by atoms with Crippen molar-refractivity contribution in [3.05, 3.63) is 400 Å². The minimum Gasteiger partial charge on any atom is -0.397 e. The first kappa shape index (κ1) is 100. The Hall–Kier alpha value is -13.5. The molecule has 14 aromatic rings. The zero-order valence-electron chi connectivity index (χ0n) is 62.1. The number of nitro benzene ring substituents is 2. The summed E-state index contributed by atoms with van der Waals surface area (Å²) >= 11 is 5.58. The molecule has 12 aromatic carbocycles. The number of benzene rings is 12. The Kier molecular flexibility index (Phi) is 38.6. The number of aromatic nitrogens is 4. The third kappa shape index (κ3) is 29.4. The van der Waals surface area contributed by atoms with Crippen LogP contribution in [-0.2, 0) is 44.6 Å². The number of hydrogen-bond donors (Lipinski definition) is 6. The molecule has 0 atom stereocenters. The Morgan fingerprint density at radius 1 is 0.390 bits per heavy atom. The smallest absolute Gasteiger partial charge is 0.307 e. The first-order valence-corrected chi connectivity index (χ1v) is 36.1. The summed E-state index contributed by atoms with van der Waals surface area (Å²) in [5.74, 6) is -16.6. The van der Waals surface area contributed by atoms with Crippen LogP contribution in [0.1, 0.15) is 47.8 Å². The third-order valence-electron chi connectivity index (χ3n) is 16.3. The Bertz CT molecular complexity index is 6090. The monoisotopic (exact) mass is 1860 g/mol. The van der Waals surface area contributed by atoms with E-state index in [4.69, 9.17) is 27.9 Å². The van der Waals surface area contributed by atoms with E-state index in [9.17, 15) is 108 Å². The van der Waals surface area contributed by atoms with Gasteiger partial charge in [-0.15, -0.1) is 0 Å². The lowest BCUT2D eigenvalue weighted by Gasteiger charge is -2.09. The van der Waals surface area contributed by atoms with Gasteiger partial charge < -0.3 is 41.5 Å². The predicted molar refractivity (Wildman–Crippen MR) is 433 cm³/mol. The molecule has 0 saturated heterocycles. The van der Waals surface area contributed by atoms with Gasteiger partial charge in [-0.3, -0.25) is 25.6 Å². The average Bonchev–Trinajstić information content (AvgIpc) is 1.62. The van der Waals surface area contributed by atoms with E-state index in [0.717, 1.165) is 103 Å². The van der Waals surface area contributed by atoms with Crippen molar-refractivity contribution in [2.45, 2.75) is 52.0 Å². The molecule has 0 aliphatic heterocycles. The number of hydrogen-bond acceptors (Lipinski definition) is 12. The zero-order valence-corrected chi connectivity index (χ0v) is 65.3. The van der Waals surface area contributed by atoms with Gasteiger partial charge in [0.05, 0.1) is 75.1 Å². The first-order valence-electron chi connectivity index (χ1n) is 34.1. The second-order valence-electron chi connectivity index (χ2n) is 24.7. The summed E-state index contributed by atoms with van der Waals surface area (Å²) in [4.78, 5) is 24.7. The van der Waals surface area contributed by atoms with Crippen LogP contribution in [-0.4, -0.2) is 36.9 Å². The van der Waals surface area contributed by atoms with E-state index < -0.39 is 138 Å². The largest absolute Gasteiger partial charge is 0.397 e. The Morgan fingerprint density at radius 2 is 0.699 bits per heavy atom. The molecule has 643 valence electrons. The number of fused-ring (bicyclic) bond motifs is 2. The lowest BCUT2D eigenvalue weighted by atomic mass is 10.2. The number of nitro groups is 2. The fourth-order valence-corrected chi connectivity index (χ4v) is 10.8. The summed E-state index contributed by atoms with van der Waals surface area (Å²) in [6.07, 6.45) is 0. The number of nitrogens with zero attached hydrogens (tertiary/aromatic N) is 7. The van der Waals surface area contributed by atoms with Crippen molar-refractivity contribution in [3.63, 3.8) is 0 Å². The van der Waals surface area contributed by atoms with Crippen LogP contribution in [0.3, 0.4) is 0 Å². The Balaban J connectivity index is 0.000000310. The molecule has 0 bridgehead atoms. The molecule has 17 nitrogen and oxygen atoms in total. The van der Waals surface area contributed by atoms with Gasteiger partial charge in [0.15, 0.2) is 81.4 Å². The molecule has 0 saturated carbocycles. The maximum Gasteiger partial charge on any atom is 0.307 e. The SMILES string of the molecule is C.Fc1ccc(CBr)cc1F.N#CBr.N=c1n(Cc2ccc(F)c(F)c2)c2ccc(F)cc2n1Cc1ccc(F)c(F)c1.NCc1ccc(F)c(F)c1.Nc1cc(F)ccc1NCc1ccc(F)c(F)c1.Nc1nc2cc(F)ccc2n1Cc1ccc(F)c(F)c1.O=[N+]([O-])c1cc(F)ccc1F.O=[N+]([O-])c1cc(F)ccc1NCc1ccc(F)c(F)c1.[2HH].[B]. The number of anilines is 4. The number of nitrogens with one attached hydrogen (secondary N) is 3. The normalized spacial score (nSPS) is 10.2. The minimum atomic E-state index is -1.03. The number of alkyl halides is 1. The van der Waals surface area contributed by atoms with E-state index in [1.807, 2.05) is 0 Å². The number of rotatable bonds is 16. The Labute approximate surface area is 706 Å². The van der Waals surface area contributed by atoms with Gasteiger partial charge in [0, 0.05) is 56.8 Å². The average molecular weight is 1860 g/mol. The highest BCUT2D eigenvalue weighted by molar-refractivity contribution is 9.12. The van der Waals surface area contributed by atoms with Crippen molar-refractivity contribution in [2.75, 3.05) is 22.1 Å². The first-order chi connectivity index (χ1) is 57.4. The van der Waals surface area contributed by atoms with Crippen LogP contribution in [0.15, 0.2) is 218 Å². The van der Waals surface area contributed by atoms with Crippen LogP contribution in [0.2, 0.25) is 0 Å². The molecular weight excluding hydrogens is 1790 g/mol. The molecule has 0 amide bonds. The van der Waals surface area contributed by atoms with E-state index in [1.54, 1.807) is 15.6 Å². The summed E-state index contributed by atoms with van der Waals surface area (Å²) in [5, 5.41) is 42.6. The number of nitriles is 1. The molecule has 40 heteroatoms. The van der Waals surface area contributed by atoms with Crippen molar-refractivity contribution in [2.24, 2.45) is 5.73 Å². The topological polar surface area (TPSA) is 264 Å². The van der Waals surface area contributed by atoms with Gasteiger partial charge in [0.2, 0.25) is 17.4 Å². The van der Waals surface area contributed by atoms with Gasteiger partial charge >= 0.3 is 5.69 Å². The van der Waals surface area contributed by atoms with Gasteiger partial charge in [0.1, 0.15) is 39.8 Å². The Morgan fingerprint density at radius 3 is 1.11 bits per heavy atom. The van der Waals surface area contributed by atoms with Crippen LogP contribution in [0.4, 0.5) is 122 Å². The van der Waals surface area contributed by atoms with Gasteiger partial charge in [-0.25, -0.2) is 88.4 Å². The van der Waals surface area contributed by atoms with Crippen LogP contribution < -0.4 is 33.5 Å². The summed E-state index contributed by atoms with van der Waals surface area (Å²) in [7, 11) is 0.